The first-order chi connectivity index (χ1) is 5.86. The maximum atomic E-state index is 5.45. The van der Waals surface area contributed by atoms with Crippen molar-refractivity contribution in [2.75, 3.05) is 6.61 Å². The first-order valence-corrected chi connectivity index (χ1v) is 4.13. The molecule has 0 aliphatic carbocycles. The van der Waals surface area contributed by atoms with E-state index < -0.39 is 0 Å². The maximum Gasteiger partial charge on any atom is 0.137 e. The minimum absolute atomic E-state index is 0.510. The van der Waals surface area contributed by atoms with Crippen LogP contribution in [0, 0.1) is 0 Å². The van der Waals surface area contributed by atoms with Gasteiger partial charge in [-0.1, -0.05) is 6.92 Å². The van der Waals surface area contributed by atoms with Crippen LogP contribution in [-0.4, -0.2) is 11.6 Å². The van der Waals surface area contributed by atoms with Gasteiger partial charge >= 0.3 is 0 Å². The van der Waals surface area contributed by atoms with Gasteiger partial charge in [-0.25, -0.2) is 0 Å². The van der Waals surface area contributed by atoms with Crippen molar-refractivity contribution in [3.63, 3.8) is 0 Å². The number of rotatable bonds is 4. The Balaban J connectivity index is 2.60. The summed E-state index contributed by atoms with van der Waals surface area (Å²) in [5.74, 6) is 0.805. The largest absolute Gasteiger partial charge is 0.492 e. The van der Waals surface area contributed by atoms with Gasteiger partial charge in [-0.3, -0.25) is 4.98 Å². The van der Waals surface area contributed by atoms with E-state index >= 15 is 0 Å². The standard InChI is InChI=1S/C9H14N2O/c1-2-3-12-9-4-8(5-10)6-11-7-9/h4,6-7H,2-3,5,10H2,1H3. The number of hydrogen-bond acceptors (Lipinski definition) is 3. The Labute approximate surface area is 72.6 Å². The van der Waals surface area contributed by atoms with Crippen LogP contribution < -0.4 is 10.5 Å². The minimum Gasteiger partial charge on any atom is -0.492 e. The number of aromatic nitrogens is 1. The third-order valence-corrected chi connectivity index (χ3v) is 1.48. The van der Waals surface area contributed by atoms with Crippen molar-refractivity contribution < 1.29 is 4.74 Å². The molecule has 0 amide bonds. The molecule has 0 spiro atoms. The van der Waals surface area contributed by atoms with Gasteiger partial charge in [0.25, 0.3) is 0 Å². The number of hydrogen-bond donors (Lipinski definition) is 1. The second-order valence-electron chi connectivity index (χ2n) is 2.58. The van der Waals surface area contributed by atoms with Gasteiger partial charge < -0.3 is 10.5 Å². The summed E-state index contributed by atoms with van der Waals surface area (Å²) in [6.07, 6.45) is 4.46. The van der Waals surface area contributed by atoms with Gasteiger partial charge in [-0.05, 0) is 18.1 Å². The molecule has 1 rings (SSSR count). The Kier molecular flexibility index (Phi) is 3.54. The highest BCUT2D eigenvalue weighted by molar-refractivity contribution is 5.23. The summed E-state index contributed by atoms with van der Waals surface area (Å²) in [7, 11) is 0. The van der Waals surface area contributed by atoms with E-state index in [1.54, 1.807) is 12.4 Å². The lowest BCUT2D eigenvalue weighted by Crippen LogP contribution is -2.00. The van der Waals surface area contributed by atoms with Crippen molar-refractivity contribution in [3.8, 4) is 5.75 Å². The van der Waals surface area contributed by atoms with Crippen molar-refractivity contribution in [3.05, 3.63) is 24.0 Å². The van der Waals surface area contributed by atoms with Crippen molar-refractivity contribution in [2.24, 2.45) is 5.73 Å². The van der Waals surface area contributed by atoms with Crippen LogP contribution in [0.15, 0.2) is 18.5 Å². The van der Waals surface area contributed by atoms with Crippen LogP contribution >= 0.6 is 0 Å². The van der Waals surface area contributed by atoms with Crippen molar-refractivity contribution in [2.45, 2.75) is 19.9 Å². The van der Waals surface area contributed by atoms with E-state index in [-0.39, 0.29) is 0 Å². The molecule has 0 radical (unpaired) electrons. The lowest BCUT2D eigenvalue weighted by atomic mass is 10.3. The molecule has 0 bridgehead atoms. The quantitative estimate of drug-likeness (QED) is 0.734. The highest BCUT2D eigenvalue weighted by atomic mass is 16.5. The van der Waals surface area contributed by atoms with E-state index in [2.05, 4.69) is 11.9 Å². The third-order valence-electron chi connectivity index (χ3n) is 1.48. The summed E-state index contributed by atoms with van der Waals surface area (Å²) < 4.78 is 5.38. The lowest BCUT2D eigenvalue weighted by Gasteiger charge is -2.04. The molecule has 1 aromatic heterocycles. The monoisotopic (exact) mass is 166 g/mol. The summed E-state index contributed by atoms with van der Waals surface area (Å²) in [5.41, 5.74) is 6.46. The molecule has 0 fully saturated rings. The van der Waals surface area contributed by atoms with Gasteiger partial charge in [0.05, 0.1) is 12.8 Å². The maximum absolute atomic E-state index is 5.45. The van der Waals surface area contributed by atoms with Crippen LogP contribution in [0.1, 0.15) is 18.9 Å². The fourth-order valence-electron chi connectivity index (χ4n) is 0.874. The van der Waals surface area contributed by atoms with Gasteiger partial charge in [0.2, 0.25) is 0 Å². The van der Waals surface area contributed by atoms with E-state index in [0.29, 0.717) is 6.54 Å². The molecule has 1 heterocycles. The van der Waals surface area contributed by atoms with Gasteiger partial charge in [-0.15, -0.1) is 0 Å². The van der Waals surface area contributed by atoms with Crippen LogP contribution in [0.25, 0.3) is 0 Å². The molecule has 3 heteroatoms. The number of ether oxygens (including phenoxy) is 1. The molecule has 0 aliphatic rings. The summed E-state index contributed by atoms with van der Waals surface area (Å²) in [4.78, 5) is 4.00. The molecule has 3 nitrogen and oxygen atoms in total. The predicted octanol–water partition coefficient (Wildman–Crippen LogP) is 1.33. The Morgan fingerprint density at radius 3 is 3.00 bits per heavy atom. The molecule has 0 saturated heterocycles. The van der Waals surface area contributed by atoms with Crippen molar-refractivity contribution in [1.82, 2.24) is 4.98 Å². The third kappa shape index (κ3) is 2.51. The Bertz CT molecular complexity index is 238. The van der Waals surface area contributed by atoms with Gasteiger partial charge in [0, 0.05) is 12.7 Å². The second-order valence-corrected chi connectivity index (χ2v) is 2.58. The van der Waals surface area contributed by atoms with Gasteiger partial charge in [0.15, 0.2) is 0 Å². The summed E-state index contributed by atoms with van der Waals surface area (Å²) in [5, 5.41) is 0. The number of pyridine rings is 1. The highest BCUT2D eigenvalue weighted by Crippen LogP contribution is 2.10. The average Bonchev–Trinajstić information content (AvgIpc) is 2.15. The van der Waals surface area contributed by atoms with Crippen LogP contribution in [0.3, 0.4) is 0 Å². The fourth-order valence-corrected chi connectivity index (χ4v) is 0.874. The van der Waals surface area contributed by atoms with Crippen LogP contribution in [0.4, 0.5) is 0 Å². The molecule has 2 N–H and O–H groups in total. The van der Waals surface area contributed by atoms with E-state index in [9.17, 15) is 0 Å². The Morgan fingerprint density at radius 1 is 1.50 bits per heavy atom. The summed E-state index contributed by atoms with van der Waals surface area (Å²) >= 11 is 0. The molecule has 0 saturated carbocycles. The highest BCUT2D eigenvalue weighted by Gasteiger charge is 1.94. The lowest BCUT2D eigenvalue weighted by molar-refractivity contribution is 0.316. The average molecular weight is 166 g/mol. The Morgan fingerprint density at radius 2 is 2.33 bits per heavy atom. The zero-order chi connectivity index (χ0) is 8.81. The summed E-state index contributed by atoms with van der Waals surface area (Å²) in [6.45, 7) is 3.31. The molecule has 0 aromatic carbocycles. The van der Waals surface area contributed by atoms with Gasteiger partial charge in [0.1, 0.15) is 5.75 Å². The van der Waals surface area contributed by atoms with Crippen LogP contribution in [0.5, 0.6) is 5.75 Å². The van der Waals surface area contributed by atoms with Crippen LogP contribution in [-0.2, 0) is 6.54 Å². The molecular formula is C9H14N2O. The fraction of sp³-hybridized carbons (Fsp3) is 0.444. The predicted molar refractivity (Wildman–Crippen MR) is 47.9 cm³/mol. The summed E-state index contributed by atoms with van der Waals surface area (Å²) in [6, 6.07) is 1.92. The van der Waals surface area contributed by atoms with E-state index in [1.165, 1.54) is 0 Å². The van der Waals surface area contributed by atoms with E-state index in [4.69, 9.17) is 10.5 Å². The van der Waals surface area contributed by atoms with Crippen LogP contribution in [0.2, 0.25) is 0 Å². The van der Waals surface area contributed by atoms with E-state index in [0.717, 1.165) is 24.3 Å². The van der Waals surface area contributed by atoms with E-state index in [1.807, 2.05) is 6.07 Å². The smallest absolute Gasteiger partial charge is 0.137 e. The first kappa shape index (κ1) is 9.00. The second kappa shape index (κ2) is 4.72. The normalized spacial score (nSPS) is 9.83. The molecule has 0 atom stereocenters. The number of nitrogens with two attached hydrogens (primary N) is 1. The van der Waals surface area contributed by atoms with Crippen molar-refractivity contribution in [1.29, 1.82) is 0 Å². The molecule has 66 valence electrons. The Hall–Kier alpha value is -1.09. The topological polar surface area (TPSA) is 48.1 Å². The molecular weight excluding hydrogens is 152 g/mol. The molecule has 12 heavy (non-hydrogen) atoms. The first-order valence-electron chi connectivity index (χ1n) is 4.13. The zero-order valence-corrected chi connectivity index (χ0v) is 7.29. The number of nitrogens with zero attached hydrogens (tertiary/aromatic N) is 1. The zero-order valence-electron chi connectivity index (χ0n) is 7.29. The molecule has 1 aromatic rings. The molecule has 0 unspecified atom stereocenters. The van der Waals surface area contributed by atoms with Crippen molar-refractivity contribution >= 4 is 0 Å². The van der Waals surface area contributed by atoms with Gasteiger partial charge in [-0.2, -0.15) is 0 Å². The molecule has 0 aliphatic heterocycles. The SMILES string of the molecule is CCCOc1cncc(CN)c1. The minimum atomic E-state index is 0.510.